The van der Waals surface area contributed by atoms with Crippen molar-refractivity contribution in [2.24, 2.45) is 5.92 Å². The zero-order valence-electron chi connectivity index (χ0n) is 8.85. The number of hydrogen-bond donors (Lipinski definition) is 1. The van der Waals surface area contributed by atoms with E-state index in [-0.39, 0.29) is 30.1 Å². The second-order valence-electron chi connectivity index (χ2n) is 4.20. The molecule has 7 heteroatoms. The molecule has 0 radical (unpaired) electrons. The Balaban J connectivity index is 1.61. The van der Waals surface area contributed by atoms with Crippen molar-refractivity contribution in [2.75, 3.05) is 31.3 Å². The molecule has 0 spiro atoms. The molecule has 2 fully saturated rings. The molecule has 0 unspecified atom stereocenters. The van der Waals surface area contributed by atoms with Crippen molar-refractivity contribution in [2.45, 2.75) is 12.5 Å². The molecule has 16 heavy (non-hydrogen) atoms. The van der Waals surface area contributed by atoms with E-state index in [2.05, 4.69) is 5.32 Å². The summed E-state index contributed by atoms with van der Waals surface area (Å²) in [6.45, 7) is 1.28. The van der Waals surface area contributed by atoms with Crippen molar-refractivity contribution in [1.82, 2.24) is 5.32 Å². The Kier molecular flexibility index (Phi) is 3.34. The smallest absolute Gasteiger partial charge is 0.407 e. The number of amides is 1. The fraction of sp³-hybridized carbons (Fsp3) is 0.889. The minimum Gasteiger partial charge on any atom is -0.447 e. The quantitative estimate of drug-likeness (QED) is 0.682. The molecule has 0 aromatic heterocycles. The molecule has 92 valence electrons. The number of nitrogens with one attached hydrogen (secondary N) is 1. The molecule has 0 aromatic rings. The van der Waals surface area contributed by atoms with Gasteiger partial charge < -0.3 is 14.8 Å². The maximum Gasteiger partial charge on any atom is 0.407 e. The predicted octanol–water partition coefficient (Wildman–Crippen LogP) is -0.454. The molecule has 2 aliphatic heterocycles. The maximum absolute atomic E-state index is 11.2. The van der Waals surface area contributed by atoms with Crippen LogP contribution in [-0.2, 0) is 19.3 Å². The number of hydrogen-bond acceptors (Lipinski definition) is 5. The van der Waals surface area contributed by atoms with Crippen LogP contribution in [-0.4, -0.2) is 51.9 Å². The third-order valence-electron chi connectivity index (χ3n) is 2.66. The van der Waals surface area contributed by atoms with Gasteiger partial charge in [0.05, 0.1) is 18.1 Å². The van der Waals surface area contributed by atoms with E-state index in [4.69, 9.17) is 9.47 Å². The molecule has 2 atom stereocenters. The summed E-state index contributed by atoms with van der Waals surface area (Å²) >= 11 is 0. The highest BCUT2D eigenvalue weighted by atomic mass is 32.2. The summed E-state index contributed by atoms with van der Waals surface area (Å²) in [5.74, 6) is 0.415. The van der Waals surface area contributed by atoms with Gasteiger partial charge in [0.2, 0.25) is 0 Å². The largest absolute Gasteiger partial charge is 0.447 e. The Bertz CT molecular complexity index is 362. The lowest BCUT2D eigenvalue weighted by Gasteiger charge is -2.09. The summed E-state index contributed by atoms with van der Waals surface area (Å²) in [5, 5.41) is 2.56. The van der Waals surface area contributed by atoms with Crippen molar-refractivity contribution in [3.63, 3.8) is 0 Å². The van der Waals surface area contributed by atoms with Gasteiger partial charge in [-0.05, 0) is 12.3 Å². The summed E-state index contributed by atoms with van der Waals surface area (Å²) in [4.78, 5) is 11.2. The number of ether oxygens (including phenoxy) is 2. The lowest BCUT2D eigenvalue weighted by Crippen LogP contribution is -2.31. The van der Waals surface area contributed by atoms with Gasteiger partial charge in [0.15, 0.2) is 9.84 Å². The normalized spacial score (nSPS) is 31.0. The first-order valence-electron chi connectivity index (χ1n) is 5.28. The van der Waals surface area contributed by atoms with Gasteiger partial charge in [0, 0.05) is 6.54 Å². The molecule has 0 aromatic carbocycles. The molecule has 0 saturated carbocycles. The van der Waals surface area contributed by atoms with Gasteiger partial charge in [-0.15, -0.1) is 0 Å². The van der Waals surface area contributed by atoms with Crippen LogP contribution in [0.1, 0.15) is 6.42 Å². The SMILES string of the molecule is O=C(NC[C@H]1CCS(=O)(=O)C1)OC[C@@H]1CO1. The van der Waals surface area contributed by atoms with Crippen LogP contribution in [0.25, 0.3) is 0 Å². The van der Waals surface area contributed by atoms with Gasteiger partial charge in [-0.2, -0.15) is 0 Å². The van der Waals surface area contributed by atoms with Crippen LogP contribution >= 0.6 is 0 Å². The van der Waals surface area contributed by atoms with Crippen molar-refractivity contribution < 1.29 is 22.7 Å². The van der Waals surface area contributed by atoms with Gasteiger partial charge in [-0.25, -0.2) is 13.2 Å². The van der Waals surface area contributed by atoms with Crippen LogP contribution in [0.5, 0.6) is 0 Å². The first kappa shape index (κ1) is 11.7. The first-order valence-corrected chi connectivity index (χ1v) is 7.10. The number of epoxide rings is 1. The standard InChI is InChI=1S/C9H15NO5S/c11-9(15-5-8-4-14-8)10-3-7-1-2-16(12,13)6-7/h7-8H,1-6H2,(H,10,11)/t7-,8+/m1/s1. The van der Waals surface area contributed by atoms with E-state index in [0.717, 1.165) is 0 Å². The van der Waals surface area contributed by atoms with E-state index in [1.165, 1.54) is 0 Å². The second kappa shape index (κ2) is 4.58. The maximum atomic E-state index is 11.2. The molecule has 2 rings (SSSR count). The van der Waals surface area contributed by atoms with Gasteiger partial charge in [0.1, 0.15) is 12.7 Å². The highest BCUT2D eigenvalue weighted by molar-refractivity contribution is 7.91. The zero-order chi connectivity index (χ0) is 11.6. The summed E-state index contributed by atoms with van der Waals surface area (Å²) in [6.07, 6.45) is 0.173. The van der Waals surface area contributed by atoms with E-state index in [0.29, 0.717) is 19.6 Å². The van der Waals surface area contributed by atoms with E-state index in [1.807, 2.05) is 0 Å². The minimum absolute atomic E-state index is 0.0229. The van der Waals surface area contributed by atoms with Crippen molar-refractivity contribution in [3.8, 4) is 0 Å². The molecule has 6 nitrogen and oxygen atoms in total. The number of alkyl carbamates (subject to hydrolysis) is 1. The summed E-state index contributed by atoms with van der Waals surface area (Å²) in [6, 6.07) is 0. The highest BCUT2D eigenvalue weighted by Crippen LogP contribution is 2.17. The van der Waals surface area contributed by atoms with E-state index in [1.54, 1.807) is 0 Å². The Morgan fingerprint density at radius 2 is 2.25 bits per heavy atom. The first-order chi connectivity index (χ1) is 7.55. The van der Waals surface area contributed by atoms with E-state index < -0.39 is 15.9 Å². The van der Waals surface area contributed by atoms with Crippen LogP contribution in [0.2, 0.25) is 0 Å². The lowest BCUT2D eigenvalue weighted by molar-refractivity contribution is 0.135. The molecule has 2 heterocycles. The third-order valence-corrected chi connectivity index (χ3v) is 4.50. The number of rotatable bonds is 4. The Hall–Kier alpha value is -0.820. The number of carbonyl (C=O) groups is 1. The van der Waals surface area contributed by atoms with Crippen LogP contribution in [0.3, 0.4) is 0 Å². The van der Waals surface area contributed by atoms with Gasteiger partial charge in [-0.1, -0.05) is 0 Å². The van der Waals surface area contributed by atoms with Gasteiger partial charge in [-0.3, -0.25) is 0 Å². The molecule has 1 N–H and O–H groups in total. The lowest BCUT2D eigenvalue weighted by atomic mass is 10.1. The molecule has 1 amide bonds. The van der Waals surface area contributed by atoms with E-state index >= 15 is 0 Å². The number of carbonyl (C=O) groups excluding carboxylic acids is 1. The summed E-state index contributed by atoms with van der Waals surface area (Å²) < 4.78 is 32.0. The van der Waals surface area contributed by atoms with Crippen LogP contribution < -0.4 is 5.32 Å². The van der Waals surface area contributed by atoms with Crippen LogP contribution in [0.4, 0.5) is 4.79 Å². The van der Waals surface area contributed by atoms with E-state index in [9.17, 15) is 13.2 Å². The monoisotopic (exact) mass is 249 g/mol. The predicted molar refractivity (Wildman–Crippen MR) is 55.9 cm³/mol. The minimum atomic E-state index is -2.87. The average Bonchev–Trinajstić information content (AvgIpc) is 2.97. The zero-order valence-corrected chi connectivity index (χ0v) is 9.66. The Morgan fingerprint density at radius 1 is 1.50 bits per heavy atom. The fourth-order valence-corrected chi connectivity index (χ4v) is 3.51. The molecule has 2 saturated heterocycles. The Labute approximate surface area is 94.2 Å². The van der Waals surface area contributed by atoms with Crippen molar-refractivity contribution in [3.05, 3.63) is 0 Å². The number of sulfone groups is 1. The fourth-order valence-electron chi connectivity index (χ4n) is 1.64. The molecule has 2 aliphatic rings. The second-order valence-corrected chi connectivity index (χ2v) is 6.43. The molecular weight excluding hydrogens is 234 g/mol. The van der Waals surface area contributed by atoms with Crippen molar-refractivity contribution in [1.29, 1.82) is 0 Å². The summed E-state index contributed by atoms with van der Waals surface area (Å²) in [5.41, 5.74) is 0. The Morgan fingerprint density at radius 3 is 2.81 bits per heavy atom. The van der Waals surface area contributed by atoms with Crippen LogP contribution in [0, 0.1) is 5.92 Å². The van der Waals surface area contributed by atoms with Gasteiger partial charge in [0.25, 0.3) is 0 Å². The summed E-state index contributed by atoms with van der Waals surface area (Å²) in [7, 11) is -2.87. The topological polar surface area (TPSA) is 85.0 Å². The highest BCUT2D eigenvalue weighted by Gasteiger charge is 2.28. The molecule has 0 bridgehead atoms. The van der Waals surface area contributed by atoms with Crippen LogP contribution in [0.15, 0.2) is 0 Å². The third kappa shape index (κ3) is 3.64. The average molecular weight is 249 g/mol. The van der Waals surface area contributed by atoms with Gasteiger partial charge >= 0.3 is 6.09 Å². The molecule has 0 aliphatic carbocycles. The molecular formula is C9H15NO5S. The van der Waals surface area contributed by atoms with Crippen molar-refractivity contribution >= 4 is 15.9 Å².